The number of hydrogen-bond donors (Lipinski definition) is 2. The van der Waals surface area contributed by atoms with E-state index in [1.54, 1.807) is 0 Å². The van der Waals surface area contributed by atoms with Gasteiger partial charge in [-0.25, -0.2) is 0 Å². The lowest BCUT2D eigenvalue weighted by atomic mass is 10.0. The molecular weight excluding hydrogens is 174 g/mol. The van der Waals surface area contributed by atoms with E-state index in [-0.39, 0.29) is 12.6 Å². The van der Waals surface area contributed by atoms with Crippen LogP contribution in [-0.2, 0) is 0 Å². The molecule has 0 aliphatic carbocycles. The monoisotopic (exact) mass is 193 g/mol. The smallest absolute Gasteiger partial charge is 0.0449 e. The standard InChI is InChI=1S/C12H19NO/c1-3-13-12(8-9-14)11-6-4-10(2)5-7-11/h4-7,12-14H,3,8-9H2,1-2H3. The summed E-state index contributed by atoms with van der Waals surface area (Å²) in [5.74, 6) is 0. The Bertz CT molecular complexity index is 250. The molecule has 0 bridgehead atoms. The first kappa shape index (κ1) is 11.2. The molecule has 78 valence electrons. The molecule has 0 amide bonds. The Labute approximate surface area is 86.0 Å². The number of aryl methyl sites for hydroxylation is 1. The molecule has 0 spiro atoms. The predicted molar refractivity (Wildman–Crippen MR) is 59.3 cm³/mol. The Morgan fingerprint density at radius 2 is 1.93 bits per heavy atom. The second-order valence-corrected chi connectivity index (χ2v) is 3.53. The third-order valence-electron chi connectivity index (χ3n) is 2.35. The summed E-state index contributed by atoms with van der Waals surface area (Å²) in [6.45, 7) is 5.32. The second-order valence-electron chi connectivity index (χ2n) is 3.53. The van der Waals surface area contributed by atoms with E-state index < -0.39 is 0 Å². The van der Waals surface area contributed by atoms with Crippen molar-refractivity contribution in [3.05, 3.63) is 35.4 Å². The van der Waals surface area contributed by atoms with E-state index in [4.69, 9.17) is 5.11 Å². The van der Waals surface area contributed by atoms with Gasteiger partial charge in [-0.3, -0.25) is 0 Å². The first-order valence-corrected chi connectivity index (χ1v) is 5.18. The molecule has 0 aromatic heterocycles. The molecule has 1 unspecified atom stereocenters. The van der Waals surface area contributed by atoms with Gasteiger partial charge in [-0.15, -0.1) is 0 Å². The van der Waals surface area contributed by atoms with Gasteiger partial charge in [0.2, 0.25) is 0 Å². The van der Waals surface area contributed by atoms with E-state index in [0.717, 1.165) is 13.0 Å². The maximum absolute atomic E-state index is 8.94. The van der Waals surface area contributed by atoms with Crippen molar-refractivity contribution in [3.63, 3.8) is 0 Å². The van der Waals surface area contributed by atoms with E-state index in [1.807, 2.05) is 0 Å². The molecule has 1 rings (SSSR count). The van der Waals surface area contributed by atoms with Gasteiger partial charge in [0.05, 0.1) is 0 Å². The van der Waals surface area contributed by atoms with Gasteiger partial charge in [0, 0.05) is 12.6 Å². The Kier molecular flexibility index (Phi) is 4.63. The van der Waals surface area contributed by atoms with Crippen molar-refractivity contribution in [2.75, 3.05) is 13.2 Å². The molecule has 0 aliphatic heterocycles. The molecule has 0 fully saturated rings. The second kappa shape index (κ2) is 5.78. The van der Waals surface area contributed by atoms with Gasteiger partial charge in [-0.2, -0.15) is 0 Å². The summed E-state index contributed by atoms with van der Waals surface area (Å²) in [6.07, 6.45) is 0.775. The lowest BCUT2D eigenvalue weighted by Crippen LogP contribution is -2.21. The van der Waals surface area contributed by atoms with Gasteiger partial charge in [0.1, 0.15) is 0 Å². The van der Waals surface area contributed by atoms with Crippen LogP contribution in [-0.4, -0.2) is 18.3 Å². The number of benzene rings is 1. The van der Waals surface area contributed by atoms with Crippen LogP contribution in [0.5, 0.6) is 0 Å². The van der Waals surface area contributed by atoms with Gasteiger partial charge in [-0.1, -0.05) is 36.8 Å². The highest BCUT2D eigenvalue weighted by atomic mass is 16.3. The van der Waals surface area contributed by atoms with Crippen LogP contribution in [0.25, 0.3) is 0 Å². The minimum atomic E-state index is 0.228. The largest absolute Gasteiger partial charge is 0.396 e. The van der Waals surface area contributed by atoms with E-state index in [2.05, 4.69) is 43.4 Å². The molecule has 2 heteroatoms. The SMILES string of the molecule is CCNC(CCO)c1ccc(C)cc1. The highest BCUT2D eigenvalue weighted by Crippen LogP contribution is 2.16. The van der Waals surface area contributed by atoms with Gasteiger partial charge in [-0.05, 0) is 25.5 Å². The third-order valence-corrected chi connectivity index (χ3v) is 2.35. The summed E-state index contributed by atoms with van der Waals surface area (Å²) < 4.78 is 0. The van der Waals surface area contributed by atoms with Crippen LogP contribution < -0.4 is 5.32 Å². The molecule has 14 heavy (non-hydrogen) atoms. The summed E-state index contributed by atoms with van der Waals surface area (Å²) >= 11 is 0. The van der Waals surface area contributed by atoms with Crippen molar-refractivity contribution < 1.29 is 5.11 Å². The summed E-state index contributed by atoms with van der Waals surface area (Å²) in [5, 5.41) is 12.3. The van der Waals surface area contributed by atoms with Crippen LogP contribution in [0.2, 0.25) is 0 Å². The molecule has 2 nitrogen and oxygen atoms in total. The van der Waals surface area contributed by atoms with Crippen LogP contribution >= 0.6 is 0 Å². The topological polar surface area (TPSA) is 32.3 Å². The number of rotatable bonds is 5. The van der Waals surface area contributed by atoms with Gasteiger partial charge in [0.15, 0.2) is 0 Å². The normalized spacial score (nSPS) is 12.8. The number of aliphatic hydroxyl groups is 1. The van der Waals surface area contributed by atoms with Crippen molar-refractivity contribution in [1.82, 2.24) is 5.32 Å². The van der Waals surface area contributed by atoms with E-state index in [9.17, 15) is 0 Å². The van der Waals surface area contributed by atoms with Crippen LogP contribution in [0.3, 0.4) is 0 Å². The van der Waals surface area contributed by atoms with Gasteiger partial charge in [0.25, 0.3) is 0 Å². The highest BCUT2D eigenvalue weighted by Gasteiger charge is 2.08. The maximum Gasteiger partial charge on any atom is 0.0449 e. The van der Waals surface area contributed by atoms with Gasteiger partial charge < -0.3 is 10.4 Å². The summed E-state index contributed by atoms with van der Waals surface area (Å²) in [7, 11) is 0. The fraction of sp³-hybridized carbons (Fsp3) is 0.500. The minimum Gasteiger partial charge on any atom is -0.396 e. The molecule has 1 aromatic carbocycles. The number of nitrogens with one attached hydrogen (secondary N) is 1. The van der Waals surface area contributed by atoms with Crippen molar-refractivity contribution >= 4 is 0 Å². The Balaban J connectivity index is 2.71. The van der Waals surface area contributed by atoms with Crippen LogP contribution in [0.4, 0.5) is 0 Å². The molecule has 1 atom stereocenters. The highest BCUT2D eigenvalue weighted by molar-refractivity contribution is 5.24. The molecular formula is C12H19NO. The van der Waals surface area contributed by atoms with E-state index in [1.165, 1.54) is 11.1 Å². The first-order valence-electron chi connectivity index (χ1n) is 5.18. The Hall–Kier alpha value is -0.860. The quantitative estimate of drug-likeness (QED) is 0.750. The molecule has 0 aliphatic rings. The number of hydrogen-bond acceptors (Lipinski definition) is 2. The van der Waals surface area contributed by atoms with Crippen molar-refractivity contribution in [1.29, 1.82) is 0 Å². The maximum atomic E-state index is 8.94. The van der Waals surface area contributed by atoms with E-state index >= 15 is 0 Å². The summed E-state index contributed by atoms with van der Waals surface area (Å²) in [5.41, 5.74) is 2.53. The predicted octanol–water partition coefficient (Wildman–Crippen LogP) is 2.03. The lowest BCUT2D eigenvalue weighted by molar-refractivity contribution is 0.266. The molecule has 0 saturated carbocycles. The van der Waals surface area contributed by atoms with Crippen molar-refractivity contribution in [2.45, 2.75) is 26.3 Å². The molecule has 2 N–H and O–H groups in total. The fourth-order valence-electron chi connectivity index (χ4n) is 1.56. The average molecular weight is 193 g/mol. The average Bonchev–Trinajstić information content (AvgIpc) is 2.19. The van der Waals surface area contributed by atoms with Crippen molar-refractivity contribution in [3.8, 4) is 0 Å². The summed E-state index contributed by atoms with van der Waals surface area (Å²) in [4.78, 5) is 0. The lowest BCUT2D eigenvalue weighted by Gasteiger charge is -2.17. The Morgan fingerprint density at radius 3 is 2.43 bits per heavy atom. The van der Waals surface area contributed by atoms with Gasteiger partial charge >= 0.3 is 0 Å². The van der Waals surface area contributed by atoms with E-state index in [0.29, 0.717) is 0 Å². The zero-order chi connectivity index (χ0) is 10.4. The molecule has 0 saturated heterocycles. The zero-order valence-corrected chi connectivity index (χ0v) is 8.96. The van der Waals surface area contributed by atoms with Crippen LogP contribution in [0, 0.1) is 6.92 Å². The van der Waals surface area contributed by atoms with Crippen molar-refractivity contribution in [2.24, 2.45) is 0 Å². The molecule has 1 aromatic rings. The first-order chi connectivity index (χ1) is 6.77. The Morgan fingerprint density at radius 1 is 1.29 bits per heavy atom. The minimum absolute atomic E-state index is 0.228. The molecule has 0 heterocycles. The third kappa shape index (κ3) is 3.13. The fourth-order valence-corrected chi connectivity index (χ4v) is 1.56. The van der Waals surface area contributed by atoms with Crippen LogP contribution in [0.1, 0.15) is 30.5 Å². The molecule has 0 radical (unpaired) electrons. The zero-order valence-electron chi connectivity index (χ0n) is 8.96. The summed E-state index contributed by atoms with van der Waals surface area (Å²) in [6, 6.07) is 8.75. The van der Waals surface area contributed by atoms with Crippen LogP contribution in [0.15, 0.2) is 24.3 Å². The number of aliphatic hydroxyl groups excluding tert-OH is 1.